The maximum absolute atomic E-state index is 4.56. The summed E-state index contributed by atoms with van der Waals surface area (Å²) < 4.78 is 0. The fraction of sp³-hybridized carbons (Fsp3) is 0.250. The number of hydrogen-bond donors (Lipinski definition) is 1. The van der Waals surface area contributed by atoms with Crippen molar-refractivity contribution >= 4 is 23.3 Å². The van der Waals surface area contributed by atoms with Gasteiger partial charge in [-0.2, -0.15) is 0 Å². The Morgan fingerprint density at radius 3 is 2.27 bits per heavy atom. The molecule has 0 aliphatic rings. The van der Waals surface area contributed by atoms with Crippen molar-refractivity contribution in [1.82, 2.24) is 0 Å². The zero-order valence-electron chi connectivity index (χ0n) is 13.4. The molecule has 2 nitrogen and oxygen atoms in total. The normalized spacial score (nSPS) is 11.8. The second kappa shape index (κ2) is 8.83. The molecular formula is C20H24N2. The van der Waals surface area contributed by atoms with Gasteiger partial charge in [0.15, 0.2) is 0 Å². The van der Waals surface area contributed by atoms with Gasteiger partial charge in [0, 0.05) is 17.6 Å². The van der Waals surface area contributed by atoms with Gasteiger partial charge in [-0.3, -0.25) is 4.99 Å². The lowest BCUT2D eigenvalue weighted by Gasteiger charge is -2.06. The van der Waals surface area contributed by atoms with Crippen LogP contribution in [-0.2, 0) is 0 Å². The van der Waals surface area contributed by atoms with E-state index in [9.17, 15) is 0 Å². The van der Waals surface area contributed by atoms with E-state index in [-0.39, 0.29) is 0 Å². The molecule has 2 heteroatoms. The molecule has 2 rings (SSSR count). The van der Waals surface area contributed by atoms with Gasteiger partial charge in [0.25, 0.3) is 0 Å². The van der Waals surface area contributed by atoms with E-state index in [0.717, 1.165) is 29.9 Å². The van der Waals surface area contributed by atoms with Crippen molar-refractivity contribution in [3.05, 3.63) is 66.2 Å². The first-order chi connectivity index (χ1) is 10.8. The van der Waals surface area contributed by atoms with Crippen molar-refractivity contribution in [3.63, 3.8) is 0 Å². The van der Waals surface area contributed by atoms with E-state index in [4.69, 9.17) is 0 Å². The molecule has 0 fully saturated rings. The lowest BCUT2D eigenvalue weighted by molar-refractivity contribution is 0.946. The number of allylic oxidation sites excluding steroid dienone is 2. The molecule has 22 heavy (non-hydrogen) atoms. The second-order valence-corrected chi connectivity index (χ2v) is 5.22. The average molecular weight is 292 g/mol. The van der Waals surface area contributed by atoms with Crippen molar-refractivity contribution in [3.8, 4) is 0 Å². The molecule has 0 aliphatic heterocycles. The van der Waals surface area contributed by atoms with Crippen molar-refractivity contribution in [2.45, 2.75) is 33.1 Å². The molecule has 114 valence electrons. The molecule has 0 amide bonds. The molecule has 1 N–H and O–H groups in total. The zero-order chi connectivity index (χ0) is 15.6. The summed E-state index contributed by atoms with van der Waals surface area (Å²) in [6.07, 6.45) is 7.58. The van der Waals surface area contributed by atoms with Crippen LogP contribution in [0, 0.1) is 0 Å². The van der Waals surface area contributed by atoms with Gasteiger partial charge in [-0.15, -0.1) is 0 Å². The molecule has 0 saturated carbocycles. The summed E-state index contributed by atoms with van der Waals surface area (Å²) in [5.74, 6) is 0. The molecule has 0 aliphatic carbocycles. The predicted octanol–water partition coefficient (Wildman–Crippen LogP) is 6.27. The van der Waals surface area contributed by atoms with Crippen LogP contribution in [0.3, 0.4) is 0 Å². The fourth-order valence-corrected chi connectivity index (χ4v) is 2.09. The lowest BCUT2D eigenvalue weighted by Crippen LogP contribution is -1.88. The van der Waals surface area contributed by atoms with Gasteiger partial charge in [0.2, 0.25) is 0 Å². The van der Waals surface area contributed by atoms with Gasteiger partial charge in [0.05, 0.1) is 5.69 Å². The van der Waals surface area contributed by atoms with Gasteiger partial charge in [-0.1, -0.05) is 44.5 Å². The molecule has 0 atom stereocenters. The number of anilines is 2. The first-order valence-corrected chi connectivity index (χ1v) is 7.97. The highest BCUT2D eigenvalue weighted by atomic mass is 14.9. The minimum absolute atomic E-state index is 0.981. The fourth-order valence-electron chi connectivity index (χ4n) is 2.09. The number of nitrogens with one attached hydrogen (secondary N) is 1. The number of rotatable bonds is 7. The summed E-state index contributed by atoms with van der Waals surface area (Å²) in [5.41, 5.74) is 4.44. The number of benzene rings is 2. The summed E-state index contributed by atoms with van der Waals surface area (Å²) in [6.45, 7) is 4.36. The number of unbranched alkanes of at least 4 members (excludes halogenated alkanes) is 1. The molecule has 0 saturated heterocycles. The minimum Gasteiger partial charge on any atom is -0.356 e. The summed E-state index contributed by atoms with van der Waals surface area (Å²) >= 11 is 0. The largest absolute Gasteiger partial charge is 0.356 e. The Balaban J connectivity index is 1.99. The first kappa shape index (κ1) is 16.0. The third kappa shape index (κ3) is 5.21. The zero-order valence-corrected chi connectivity index (χ0v) is 13.4. The van der Waals surface area contributed by atoms with Gasteiger partial charge < -0.3 is 5.32 Å². The van der Waals surface area contributed by atoms with Crippen LogP contribution in [0.4, 0.5) is 17.1 Å². The van der Waals surface area contributed by atoms with E-state index < -0.39 is 0 Å². The number of hydrogen-bond acceptors (Lipinski definition) is 2. The van der Waals surface area contributed by atoms with Crippen LogP contribution in [0.1, 0.15) is 33.1 Å². The van der Waals surface area contributed by atoms with Crippen LogP contribution in [0.25, 0.3) is 0 Å². The smallest absolute Gasteiger partial charge is 0.0631 e. The van der Waals surface area contributed by atoms with E-state index in [0.29, 0.717) is 0 Å². The van der Waals surface area contributed by atoms with Crippen LogP contribution in [-0.4, -0.2) is 6.21 Å². The minimum atomic E-state index is 0.981. The van der Waals surface area contributed by atoms with Crippen LogP contribution < -0.4 is 5.32 Å². The number of aliphatic imine (C=N–C) groups is 1. The molecule has 0 spiro atoms. The van der Waals surface area contributed by atoms with E-state index in [2.05, 4.69) is 54.5 Å². The Morgan fingerprint density at radius 2 is 1.64 bits per heavy atom. The molecular weight excluding hydrogens is 268 g/mol. The third-order valence-corrected chi connectivity index (χ3v) is 3.41. The Bertz CT molecular complexity index is 610. The highest BCUT2D eigenvalue weighted by Crippen LogP contribution is 2.20. The van der Waals surface area contributed by atoms with E-state index in [1.165, 1.54) is 12.0 Å². The van der Waals surface area contributed by atoms with Crippen molar-refractivity contribution in [2.24, 2.45) is 4.99 Å². The molecule has 2 aromatic rings. The molecule has 0 radical (unpaired) electrons. The van der Waals surface area contributed by atoms with E-state index in [1.807, 2.05) is 36.5 Å². The average Bonchev–Trinajstić information content (AvgIpc) is 2.57. The number of para-hydroxylation sites is 1. The number of nitrogens with zero attached hydrogens (tertiary/aromatic N) is 1. The molecule has 0 unspecified atom stereocenters. The quantitative estimate of drug-likeness (QED) is 0.597. The highest BCUT2D eigenvalue weighted by Gasteiger charge is 1.95. The Morgan fingerprint density at radius 1 is 0.955 bits per heavy atom. The maximum Gasteiger partial charge on any atom is 0.0631 e. The van der Waals surface area contributed by atoms with Gasteiger partial charge >= 0.3 is 0 Å². The van der Waals surface area contributed by atoms with Crippen molar-refractivity contribution in [2.75, 3.05) is 5.32 Å². The highest BCUT2D eigenvalue weighted by molar-refractivity contribution is 5.81. The first-order valence-electron chi connectivity index (χ1n) is 7.97. The monoisotopic (exact) mass is 292 g/mol. The van der Waals surface area contributed by atoms with E-state index in [1.54, 1.807) is 0 Å². The molecule has 2 aromatic carbocycles. The summed E-state index contributed by atoms with van der Waals surface area (Å²) in [5, 5.41) is 3.37. The van der Waals surface area contributed by atoms with Crippen LogP contribution >= 0.6 is 0 Å². The van der Waals surface area contributed by atoms with Gasteiger partial charge in [0.1, 0.15) is 0 Å². The van der Waals surface area contributed by atoms with Crippen molar-refractivity contribution in [1.29, 1.82) is 0 Å². The third-order valence-electron chi connectivity index (χ3n) is 3.41. The van der Waals surface area contributed by atoms with Crippen LogP contribution in [0.5, 0.6) is 0 Å². The molecule has 0 heterocycles. The van der Waals surface area contributed by atoms with Gasteiger partial charge in [-0.05, 0) is 54.8 Å². The van der Waals surface area contributed by atoms with Crippen molar-refractivity contribution < 1.29 is 0 Å². The second-order valence-electron chi connectivity index (χ2n) is 5.22. The SMILES string of the molecule is CCCC=C(C=Nc1ccc(Nc2ccccc2)cc1)CC. The molecule has 0 aromatic heterocycles. The van der Waals surface area contributed by atoms with Crippen LogP contribution in [0.15, 0.2) is 71.2 Å². The summed E-state index contributed by atoms with van der Waals surface area (Å²) in [7, 11) is 0. The predicted molar refractivity (Wildman–Crippen MR) is 97.6 cm³/mol. The van der Waals surface area contributed by atoms with Gasteiger partial charge in [-0.25, -0.2) is 0 Å². The topological polar surface area (TPSA) is 24.4 Å². The lowest BCUT2D eigenvalue weighted by atomic mass is 10.1. The van der Waals surface area contributed by atoms with Crippen LogP contribution in [0.2, 0.25) is 0 Å². The standard InChI is InChI=1S/C20H24N2/c1-3-5-9-17(4-2)16-21-18-12-14-20(15-13-18)22-19-10-7-6-8-11-19/h6-16,22H,3-5H2,1-2H3. The maximum atomic E-state index is 4.56. The Labute approximate surface area is 133 Å². The summed E-state index contributed by atoms with van der Waals surface area (Å²) in [6, 6.07) is 18.4. The Kier molecular flexibility index (Phi) is 6.43. The Hall–Kier alpha value is -2.35. The summed E-state index contributed by atoms with van der Waals surface area (Å²) in [4.78, 5) is 4.56. The molecule has 0 bridgehead atoms. The van der Waals surface area contributed by atoms with E-state index >= 15 is 0 Å².